The summed E-state index contributed by atoms with van der Waals surface area (Å²) in [4.78, 5) is 7.32. The third-order valence-electron chi connectivity index (χ3n) is 4.83. The van der Waals surface area contributed by atoms with Crippen molar-refractivity contribution in [3.05, 3.63) is 29.1 Å². The van der Waals surface area contributed by atoms with Gasteiger partial charge in [0.15, 0.2) is 0 Å². The summed E-state index contributed by atoms with van der Waals surface area (Å²) in [7, 11) is 2.16. The highest BCUT2D eigenvalue weighted by Crippen LogP contribution is 2.28. The van der Waals surface area contributed by atoms with E-state index < -0.39 is 0 Å². The summed E-state index contributed by atoms with van der Waals surface area (Å²) in [6, 6.07) is 5.03. The van der Waals surface area contributed by atoms with Gasteiger partial charge >= 0.3 is 0 Å². The van der Waals surface area contributed by atoms with E-state index in [0.29, 0.717) is 6.04 Å². The molecule has 0 radical (unpaired) electrons. The third-order valence-corrected chi connectivity index (χ3v) is 4.83. The van der Waals surface area contributed by atoms with E-state index in [1.807, 2.05) is 0 Å². The molecule has 0 saturated carbocycles. The molecule has 2 aromatic heterocycles. The Morgan fingerprint density at radius 3 is 2.75 bits per heavy atom. The third kappa shape index (κ3) is 1.79. The normalized spacial score (nSPS) is 20.7. The van der Waals surface area contributed by atoms with Crippen LogP contribution in [0.15, 0.2) is 12.1 Å². The van der Waals surface area contributed by atoms with Gasteiger partial charge in [-0.2, -0.15) is 0 Å². The number of hydrogen-bond donors (Lipinski definition) is 0. The summed E-state index contributed by atoms with van der Waals surface area (Å²) < 4.78 is 7.64. The number of fused-ring (bicyclic) bond motifs is 3. The Labute approximate surface area is 119 Å². The van der Waals surface area contributed by atoms with Crippen molar-refractivity contribution in [2.24, 2.45) is 7.05 Å². The van der Waals surface area contributed by atoms with Crippen LogP contribution < -0.4 is 0 Å². The molecule has 0 amide bonds. The number of rotatable bonds is 1. The number of pyridine rings is 1. The first-order chi connectivity index (χ1) is 9.74. The Balaban J connectivity index is 1.72. The molecule has 0 atom stereocenters. The number of ether oxygens (including phenoxy) is 1. The van der Waals surface area contributed by atoms with Gasteiger partial charge in [0, 0.05) is 43.3 Å². The zero-order valence-corrected chi connectivity index (χ0v) is 12.2. The minimum Gasteiger partial charge on any atom is -0.378 e. The molecule has 2 aliphatic heterocycles. The van der Waals surface area contributed by atoms with Crippen LogP contribution in [0.5, 0.6) is 0 Å². The van der Waals surface area contributed by atoms with Crippen molar-refractivity contribution in [3.63, 3.8) is 0 Å². The van der Waals surface area contributed by atoms with Crippen LogP contribution in [0.1, 0.15) is 17.0 Å². The van der Waals surface area contributed by atoms with Gasteiger partial charge in [-0.25, -0.2) is 4.98 Å². The minimum atomic E-state index is 0.649. The molecule has 0 bridgehead atoms. The molecule has 0 N–H and O–H groups in total. The molecule has 2 aliphatic rings. The van der Waals surface area contributed by atoms with Gasteiger partial charge in [0.25, 0.3) is 0 Å². The second kappa shape index (κ2) is 4.57. The summed E-state index contributed by atoms with van der Waals surface area (Å²) in [6.07, 6.45) is 2.26. The maximum absolute atomic E-state index is 5.34. The Morgan fingerprint density at radius 1 is 1.20 bits per heavy atom. The largest absolute Gasteiger partial charge is 0.378 e. The van der Waals surface area contributed by atoms with E-state index in [0.717, 1.165) is 50.5 Å². The van der Waals surface area contributed by atoms with Crippen molar-refractivity contribution in [2.45, 2.75) is 25.8 Å². The molecule has 2 aromatic rings. The molecule has 106 valence electrons. The zero-order valence-electron chi connectivity index (χ0n) is 12.2. The Bertz CT molecular complexity index is 657. The maximum Gasteiger partial charge on any atom is 0.140 e. The van der Waals surface area contributed by atoms with E-state index in [-0.39, 0.29) is 0 Å². The van der Waals surface area contributed by atoms with Crippen molar-refractivity contribution in [1.29, 1.82) is 0 Å². The molecule has 0 aliphatic carbocycles. The molecule has 20 heavy (non-hydrogen) atoms. The molecule has 0 spiro atoms. The molecule has 4 rings (SSSR count). The smallest absolute Gasteiger partial charge is 0.140 e. The highest BCUT2D eigenvalue weighted by Gasteiger charge is 2.29. The predicted octanol–water partition coefficient (Wildman–Crippen LogP) is 1.68. The van der Waals surface area contributed by atoms with Gasteiger partial charge in [0.05, 0.1) is 19.3 Å². The van der Waals surface area contributed by atoms with Crippen LogP contribution in [0.4, 0.5) is 0 Å². The van der Waals surface area contributed by atoms with Crippen LogP contribution in [0.3, 0.4) is 0 Å². The second-order valence-electron chi connectivity index (χ2n) is 6.04. The van der Waals surface area contributed by atoms with Crippen LogP contribution in [-0.4, -0.2) is 46.8 Å². The Morgan fingerprint density at radius 2 is 2.00 bits per heavy atom. The summed E-state index contributed by atoms with van der Waals surface area (Å²) in [5.41, 5.74) is 5.23. The molecular weight excluding hydrogens is 250 g/mol. The summed E-state index contributed by atoms with van der Waals surface area (Å²) in [5, 5.41) is 1.35. The second-order valence-corrected chi connectivity index (χ2v) is 6.04. The first-order valence-electron chi connectivity index (χ1n) is 7.49. The Kier molecular flexibility index (Phi) is 2.82. The molecule has 0 aromatic carbocycles. The molecule has 1 fully saturated rings. The van der Waals surface area contributed by atoms with Crippen LogP contribution in [0.25, 0.3) is 11.0 Å². The number of aromatic nitrogens is 2. The van der Waals surface area contributed by atoms with Gasteiger partial charge in [0.1, 0.15) is 5.65 Å². The standard InChI is InChI=1S/C16H21N3O/c1-11-3-4-14-13-5-7-19(12-9-20-10-12)8-6-15(13)18(2)16(14)17-11/h3-4,12H,5-10H2,1-2H3. The highest BCUT2D eigenvalue weighted by atomic mass is 16.5. The summed E-state index contributed by atoms with van der Waals surface area (Å²) in [5.74, 6) is 0. The molecule has 0 unspecified atom stereocenters. The van der Waals surface area contributed by atoms with Crippen molar-refractivity contribution >= 4 is 11.0 Å². The number of aryl methyl sites for hydroxylation is 2. The van der Waals surface area contributed by atoms with E-state index in [9.17, 15) is 0 Å². The molecule has 4 heterocycles. The average Bonchev–Trinajstić information content (AvgIpc) is 2.54. The highest BCUT2D eigenvalue weighted by molar-refractivity contribution is 5.82. The lowest BCUT2D eigenvalue weighted by molar-refractivity contribution is -0.0634. The van der Waals surface area contributed by atoms with Crippen molar-refractivity contribution < 1.29 is 4.74 Å². The van der Waals surface area contributed by atoms with Crippen molar-refractivity contribution in [1.82, 2.24) is 14.5 Å². The SMILES string of the molecule is Cc1ccc2c3c(n(C)c2n1)CCN(C1COC1)CC3. The fraction of sp³-hybridized carbons (Fsp3) is 0.562. The van der Waals surface area contributed by atoms with Gasteiger partial charge in [-0.05, 0) is 31.0 Å². The van der Waals surface area contributed by atoms with Gasteiger partial charge in [0.2, 0.25) is 0 Å². The lowest BCUT2D eigenvalue weighted by Gasteiger charge is -2.36. The number of hydrogen-bond acceptors (Lipinski definition) is 3. The maximum atomic E-state index is 5.34. The quantitative estimate of drug-likeness (QED) is 0.790. The van der Waals surface area contributed by atoms with E-state index in [4.69, 9.17) is 9.72 Å². The average molecular weight is 271 g/mol. The predicted molar refractivity (Wildman–Crippen MR) is 79.0 cm³/mol. The lowest BCUT2D eigenvalue weighted by atomic mass is 10.1. The van der Waals surface area contributed by atoms with Crippen LogP contribution in [-0.2, 0) is 24.6 Å². The molecular formula is C16H21N3O. The summed E-state index contributed by atoms with van der Waals surface area (Å²) >= 11 is 0. The van der Waals surface area contributed by atoms with E-state index >= 15 is 0 Å². The fourth-order valence-corrected chi connectivity index (χ4v) is 3.53. The minimum absolute atomic E-state index is 0.649. The van der Waals surface area contributed by atoms with Gasteiger partial charge in [-0.15, -0.1) is 0 Å². The van der Waals surface area contributed by atoms with Gasteiger partial charge in [-0.3, -0.25) is 4.90 Å². The first-order valence-corrected chi connectivity index (χ1v) is 7.49. The van der Waals surface area contributed by atoms with Gasteiger partial charge in [-0.1, -0.05) is 0 Å². The van der Waals surface area contributed by atoms with Crippen molar-refractivity contribution in [2.75, 3.05) is 26.3 Å². The first kappa shape index (κ1) is 12.4. The molecule has 1 saturated heterocycles. The van der Waals surface area contributed by atoms with Crippen LogP contribution in [0, 0.1) is 6.92 Å². The molecule has 4 heteroatoms. The van der Waals surface area contributed by atoms with E-state index in [1.165, 1.54) is 16.6 Å². The topological polar surface area (TPSA) is 30.3 Å². The molecule has 4 nitrogen and oxygen atoms in total. The van der Waals surface area contributed by atoms with E-state index in [2.05, 4.69) is 35.6 Å². The fourth-order valence-electron chi connectivity index (χ4n) is 3.53. The summed E-state index contributed by atoms with van der Waals surface area (Å²) in [6.45, 7) is 6.18. The monoisotopic (exact) mass is 271 g/mol. The van der Waals surface area contributed by atoms with Crippen LogP contribution >= 0.6 is 0 Å². The Hall–Kier alpha value is -1.39. The number of nitrogens with zero attached hydrogens (tertiary/aromatic N) is 3. The zero-order chi connectivity index (χ0) is 13.7. The van der Waals surface area contributed by atoms with Crippen LogP contribution in [0.2, 0.25) is 0 Å². The van der Waals surface area contributed by atoms with Gasteiger partial charge < -0.3 is 9.30 Å². The lowest BCUT2D eigenvalue weighted by Crippen LogP contribution is -2.49. The van der Waals surface area contributed by atoms with E-state index in [1.54, 1.807) is 0 Å². The van der Waals surface area contributed by atoms with Crippen molar-refractivity contribution in [3.8, 4) is 0 Å².